The zero-order valence-electron chi connectivity index (χ0n) is 11.5. The predicted octanol–water partition coefficient (Wildman–Crippen LogP) is 2.23. The van der Waals surface area contributed by atoms with E-state index in [4.69, 9.17) is 5.73 Å². The highest BCUT2D eigenvalue weighted by molar-refractivity contribution is 7.89. The molecule has 1 aromatic heterocycles. The minimum Gasteiger partial charge on any atom is -0.326 e. The summed E-state index contributed by atoms with van der Waals surface area (Å²) in [6.07, 6.45) is 3.53. The van der Waals surface area contributed by atoms with E-state index in [0.29, 0.717) is 23.3 Å². The van der Waals surface area contributed by atoms with Crippen molar-refractivity contribution in [3.8, 4) is 0 Å². The van der Waals surface area contributed by atoms with Crippen LogP contribution in [0.3, 0.4) is 0 Å². The Balaban J connectivity index is 2.12. The van der Waals surface area contributed by atoms with E-state index in [1.54, 1.807) is 0 Å². The fourth-order valence-electron chi connectivity index (χ4n) is 2.80. The van der Waals surface area contributed by atoms with Gasteiger partial charge in [-0.25, -0.2) is 13.1 Å². The summed E-state index contributed by atoms with van der Waals surface area (Å²) in [5, 5.41) is 1.86. The largest absolute Gasteiger partial charge is 0.326 e. The number of hydrogen-bond acceptors (Lipinski definition) is 4. The van der Waals surface area contributed by atoms with E-state index in [1.165, 1.54) is 24.2 Å². The molecule has 1 heterocycles. The van der Waals surface area contributed by atoms with Crippen LogP contribution in [0.25, 0.3) is 0 Å². The lowest BCUT2D eigenvalue weighted by atomic mass is 9.99. The third kappa shape index (κ3) is 3.18. The Morgan fingerprint density at radius 2 is 2.21 bits per heavy atom. The van der Waals surface area contributed by atoms with E-state index >= 15 is 0 Å². The molecule has 1 aromatic rings. The zero-order chi connectivity index (χ0) is 14.0. The van der Waals surface area contributed by atoms with E-state index in [9.17, 15) is 8.42 Å². The number of nitrogens with two attached hydrogens (primary N) is 1. The van der Waals surface area contributed by atoms with Gasteiger partial charge in [-0.3, -0.25) is 0 Å². The van der Waals surface area contributed by atoms with E-state index in [1.807, 2.05) is 12.3 Å². The predicted molar refractivity (Wildman–Crippen MR) is 78.6 cm³/mol. The first-order chi connectivity index (χ1) is 8.95. The van der Waals surface area contributed by atoms with Crippen molar-refractivity contribution in [2.24, 2.45) is 17.6 Å². The molecule has 0 aliphatic heterocycles. The number of aryl methyl sites for hydroxylation is 1. The molecule has 2 rings (SSSR count). The van der Waals surface area contributed by atoms with Crippen LogP contribution in [0.1, 0.15) is 36.6 Å². The van der Waals surface area contributed by atoms with Gasteiger partial charge in [-0.05, 0) is 36.1 Å². The van der Waals surface area contributed by atoms with Crippen molar-refractivity contribution in [3.05, 3.63) is 15.8 Å². The fourth-order valence-corrected chi connectivity index (χ4v) is 5.60. The highest BCUT2D eigenvalue weighted by Crippen LogP contribution is 2.31. The Hall–Kier alpha value is -0.430. The van der Waals surface area contributed by atoms with Crippen LogP contribution < -0.4 is 10.5 Å². The van der Waals surface area contributed by atoms with Crippen LogP contribution in [0.15, 0.2) is 10.3 Å². The maximum atomic E-state index is 12.4. The van der Waals surface area contributed by atoms with Crippen LogP contribution in [0.5, 0.6) is 0 Å². The Labute approximate surface area is 119 Å². The van der Waals surface area contributed by atoms with Crippen molar-refractivity contribution >= 4 is 21.4 Å². The molecule has 6 heteroatoms. The lowest BCUT2D eigenvalue weighted by Gasteiger charge is -2.16. The molecule has 0 spiro atoms. The fraction of sp³-hybridized carbons (Fsp3) is 0.692. The summed E-state index contributed by atoms with van der Waals surface area (Å²) in [4.78, 5) is 1.13. The van der Waals surface area contributed by atoms with Crippen LogP contribution in [-0.2, 0) is 16.6 Å². The molecule has 1 saturated carbocycles. The van der Waals surface area contributed by atoms with Gasteiger partial charge in [-0.1, -0.05) is 19.8 Å². The Morgan fingerprint density at radius 1 is 1.47 bits per heavy atom. The second kappa shape index (κ2) is 5.91. The van der Waals surface area contributed by atoms with E-state index in [0.717, 1.165) is 16.9 Å². The van der Waals surface area contributed by atoms with Crippen LogP contribution in [0.2, 0.25) is 0 Å². The van der Waals surface area contributed by atoms with Crippen LogP contribution in [-0.4, -0.2) is 15.0 Å². The molecule has 2 unspecified atom stereocenters. The van der Waals surface area contributed by atoms with Crippen molar-refractivity contribution in [2.45, 2.75) is 44.6 Å². The molecule has 108 valence electrons. The first kappa shape index (κ1) is 15.0. The molecule has 4 nitrogen and oxygen atoms in total. The van der Waals surface area contributed by atoms with E-state index in [2.05, 4.69) is 11.6 Å². The smallest absolute Gasteiger partial charge is 0.241 e. The van der Waals surface area contributed by atoms with Crippen molar-refractivity contribution in [3.63, 3.8) is 0 Å². The van der Waals surface area contributed by atoms with E-state index < -0.39 is 10.0 Å². The number of hydrogen-bond donors (Lipinski definition) is 2. The first-order valence-corrected chi connectivity index (χ1v) is 9.08. The first-order valence-electron chi connectivity index (χ1n) is 6.72. The number of sulfonamides is 1. The lowest BCUT2D eigenvalue weighted by Crippen LogP contribution is -2.31. The second-order valence-electron chi connectivity index (χ2n) is 5.40. The standard InChI is InChI=1S/C13H22N2O2S2/c1-9-4-3-5-11(9)7-15-19(16,17)13-10(2)8-18-12(13)6-14/h8-9,11,15H,3-7,14H2,1-2H3. The minimum atomic E-state index is -3.42. The second-order valence-corrected chi connectivity index (χ2v) is 8.06. The van der Waals surface area contributed by atoms with Gasteiger partial charge in [-0.2, -0.15) is 0 Å². The van der Waals surface area contributed by atoms with Gasteiger partial charge in [0.1, 0.15) is 4.90 Å². The quantitative estimate of drug-likeness (QED) is 0.876. The monoisotopic (exact) mass is 302 g/mol. The molecular weight excluding hydrogens is 280 g/mol. The van der Waals surface area contributed by atoms with Crippen molar-refractivity contribution in [1.29, 1.82) is 0 Å². The number of rotatable bonds is 5. The highest BCUT2D eigenvalue weighted by Gasteiger charge is 2.27. The van der Waals surface area contributed by atoms with Gasteiger partial charge in [0.05, 0.1) is 0 Å². The third-order valence-electron chi connectivity index (χ3n) is 4.02. The molecule has 1 fully saturated rings. The average Bonchev–Trinajstić information content (AvgIpc) is 2.93. The van der Waals surface area contributed by atoms with Crippen LogP contribution >= 0.6 is 11.3 Å². The molecule has 19 heavy (non-hydrogen) atoms. The molecule has 2 atom stereocenters. The molecule has 1 aliphatic carbocycles. The number of thiophene rings is 1. The van der Waals surface area contributed by atoms with Gasteiger partial charge >= 0.3 is 0 Å². The number of nitrogens with one attached hydrogen (secondary N) is 1. The summed E-state index contributed by atoms with van der Waals surface area (Å²) in [5.41, 5.74) is 6.41. The van der Waals surface area contributed by atoms with Gasteiger partial charge in [0.15, 0.2) is 0 Å². The summed E-state index contributed by atoms with van der Waals surface area (Å²) in [7, 11) is -3.42. The molecule has 0 bridgehead atoms. The summed E-state index contributed by atoms with van der Waals surface area (Å²) in [6.45, 7) is 4.84. The van der Waals surface area contributed by atoms with Crippen LogP contribution in [0.4, 0.5) is 0 Å². The van der Waals surface area contributed by atoms with Crippen LogP contribution in [0, 0.1) is 18.8 Å². The molecule has 0 amide bonds. The van der Waals surface area contributed by atoms with Gasteiger partial charge in [0.2, 0.25) is 10.0 Å². The molecule has 0 saturated heterocycles. The lowest BCUT2D eigenvalue weighted by molar-refractivity contribution is 0.414. The molecule has 1 aliphatic rings. The van der Waals surface area contributed by atoms with Gasteiger partial charge in [-0.15, -0.1) is 11.3 Å². The minimum absolute atomic E-state index is 0.272. The SMILES string of the molecule is Cc1csc(CN)c1S(=O)(=O)NCC1CCCC1C. The van der Waals surface area contributed by atoms with Crippen molar-refractivity contribution < 1.29 is 8.42 Å². The summed E-state index contributed by atoms with van der Waals surface area (Å²) >= 11 is 1.42. The third-order valence-corrected chi connectivity index (χ3v) is 6.93. The Kier molecular flexibility index (Phi) is 4.66. The maximum Gasteiger partial charge on any atom is 0.241 e. The topological polar surface area (TPSA) is 72.2 Å². The summed E-state index contributed by atoms with van der Waals surface area (Å²) < 4.78 is 27.6. The van der Waals surface area contributed by atoms with Gasteiger partial charge in [0.25, 0.3) is 0 Å². The van der Waals surface area contributed by atoms with Gasteiger partial charge in [0, 0.05) is 18.0 Å². The highest BCUT2D eigenvalue weighted by atomic mass is 32.2. The molecule has 0 radical (unpaired) electrons. The zero-order valence-corrected chi connectivity index (χ0v) is 13.1. The Bertz CT molecular complexity index is 537. The molecular formula is C13H22N2O2S2. The van der Waals surface area contributed by atoms with Gasteiger partial charge < -0.3 is 5.73 Å². The summed E-state index contributed by atoms with van der Waals surface area (Å²) in [5.74, 6) is 1.08. The van der Waals surface area contributed by atoms with E-state index in [-0.39, 0.29) is 6.54 Å². The molecule has 3 N–H and O–H groups in total. The Morgan fingerprint density at radius 3 is 2.79 bits per heavy atom. The van der Waals surface area contributed by atoms with Crippen molar-refractivity contribution in [1.82, 2.24) is 4.72 Å². The molecule has 0 aromatic carbocycles. The summed E-state index contributed by atoms with van der Waals surface area (Å²) in [6, 6.07) is 0. The van der Waals surface area contributed by atoms with Crippen molar-refractivity contribution in [2.75, 3.05) is 6.54 Å². The normalized spacial score (nSPS) is 23.9. The maximum absolute atomic E-state index is 12.4. The average molecular weight is 302 g/mol.